The highest BCUT2D eigenvalue weighted by atomic mass is 32.2. The average Bonchev–Trinajstić information content (AvgIpc) is 2.29. The summed E-state index contributed by atoms with van der Waals surface area (Å²) in [4.78, 5) is 11.1. The molecule has 1 heterocycles. The van der Waals surface area contributed by atoms with Crippen molar-refractivity contribution in [3.8, 4) is 0 Å². The van der Waals surface area contributed by atoms with E-state index in [1.807, 2.05) is 6.92 Å². The van der Waals surface area contributed by atoms with Gasteiger partial charge in [0.2, 0.25) is 0 Å². The van der Waals surface area contributed by atoms with Gasteiger partial charge >= 0.3 is 5.97 Å². The molecular weight excluding hydrogens is 246 g/mol. The van der Waals surface area contributed by atoms with Crippen LogP contribution in [-0.4, -0.2) is 58.3 Å². The number of esters is 1. The number of hydrogen-bond acceptors (Lipinski definition) is 6. The van der Waals surface area contributed by atoms with E-state index >= 15 is 0 Å². The van der Waals surface area contributed by atoms with Gasteiger partial charge < -0.3 is 14.8 Å². The zero-order chi connectivity index (χ0) is 12.9. The molecule has 0 amide bonds. The second kappa shape index (κ2) is 6.32. The molecule has 0 bridgehead atoms. The van der Waals surface area contributed by atoms with E-state index in [1.54, 1.807) is 0 Å². The lowest BCUT2D eigenvalue weighted by Crippen LogP contribution is -2.51. The maximum Gasteiger partial charge on any atom is 0.320 e. The van der Waals surface area contributed by atoms with Gasteiger partial charge in [-0.15, -0.1) is 0 Å². The molecule has 17 heavy (non-hydrogen) atoms. The Morgan fingerprint density at radius 3 is 2.82 bits per heavy atom. The minimum atomic E-state index is -3.53. The predicted octanol–water partition coefficient (Wildman–Crippen LogP) is -0.659. The molecule has 0 saturated carbocycles. The summed E-state index contributed by atoms with van der Waals surface area (Å²) in [7, 11) is -2.35. The smallest absolute Gasteiger partial charge is 0.320 e. The van der Waals surface area contributed by atoms with Gasteiger partial charge in [-0.1, -0.05) is 6.92 Å². The maximum absolute atomic E-state index is 12.0. The summed E-state index contributed by atoms with van der Waals surface area (Å²) >= 11 is 0. The van der Waals surface area contributed by atoms with Crippen LogP contribution in [0.15, 0.2) is 0 Å². The SMILES string of the molecule is CCNC1CCOCC1S(=O)(=O)CC(=O)OC. The molecular formula is C10H19NO5S. The van der Waals surface area contributed by atoms with Crippen molar-refractivity contribution in [1.29, 1.82) is 0 Å². The molecule has 0 aliphatic carbocycles. The molecule has 100 valence electrons. The third-order valence-electron chi connectivity index (χ3n) is 2.78. The molecule has 0 aromatic heterocycles. The van der Waals surface area contributed by atoms with E-state index in [9.17, 15) is 13.2 Å². The maximum atomic E-state index is 12.0. The molecule has 7 heteroatoms. The van der Waals surface area contributed by atoms with Crippen LogP contribution in [0.3, 0.4) is 0 Å². The number of sulfone groups is 1. The van der Waals surface area contributed by atoms with Gasteiger partial charge in [-0.2, -0.15) is 0 Å². The number of ether oxygens (including phenoxy) is 2. The van der Waals surface area contributed by atoms with Crippen molar-refractivity contribution in [3.05, 3.63) is 0 Å². The fourth-order valence-corrected chi connectivity index (χ4v) is 3.59. The molecule has 1 saturated heterocycles. The van der Waals surface area contributed by atoms with Crippen LogP contribution in [0, 0.1) is 0 Å². The second-order valence-electron chi connectivity index (χ2n) is 3.95. The first-order chi connectivity index (χ1) is 8.01. The van der Waals surface area contributed by atoms with Gasteiger partial charge in [0.25, 0.3) is 0 Å². The Kier molecular flexibility index (Phi) is 5.35. The minimum absolute atomic E-state index is 0.136. The molecule has 2 unspecified atom stereocenters. The summed E-state index contributed by atoms with van der Waals surface area (Å²) in [6.45, 7) is 3.28. The van der Waals surface area contributed by atoms with Gasteiger partial charge in [0.05, 0.1) is 13.7 Å². The van der Waals surface area contributed by atoms with Crippen LogP contribution in [0.4, 0.5) is 0 Å². The van der Waals surface area contributed by atoms with Crippen LogP contribution < -0.4 is 5.32 Å². The number of rotatable bonds is 5. The zero-order valence-electron chi connectivity index (χ0n) is 10.1. The molecule has 2 atom stereocenters. The number of carbonyl (C=O) groups is 1. The largest absolute Gasteiger partial charge is 0.468 e. The van der Waals surface area contributed by atoms with E-state index < -0.39 is 26.8 Å². The molecule has 1 rings (SSSR count). The zero-order valence-corrected chi connectivity index (χ0v) is 11.0. The normalized spacial score (nSPS) is 25.5. The van der Waals surface area contributed by atoms with Gasteiger partial charge in [-0.3, -0.25) is 4.79 Å². The minimum Gasteiger partial charge on any atom is -0.468 e. The molecule has 0 aromatic rings. The van der Waals surface area contributed by atoms with Crippen molar-refractivity contribution in [2.75, 3.05) is 32.6 Å². The monoisotopic (exact) mass is 265 g/mol. The standard InChI is InChI=1S/C10H19NO5S/c1-3-11-8-4-5-16-6-9(8)17(13,14)7-10(12)15-2/h8-9,11H,3-7H2,1-2H3. The Labute approximate surface area is 102 Å². The number of carbonyl (C=O) groups excluding carboxylic acids is 1. The van der Waals surface area contributed by atoms with E-state index in [0.717, 1.165) is 0 Å². The number of hydrogen-bond donors (Lipinski definition) is 1. The van der Waals surface area contributed by atoms with Crippen molar-refractivity contribution in [1.82, 2.24) is 5.32 Å². The fraction of sp³-hybridized carbons (Fsp3) is 0.900. The molecule has 1 N–H and O–H groups in total. The fourth-order valence-electron chi connectivity index (χ4n) is 1.89. The molecule has 0 aromatic carbocycles. The summed E-state index contributed by atoms with van der Waals surface area (Å²) < 4.78 is 33.6. The van der Waals surface area contributed by atoms with Gasteiger partial charge in [-0.05, 0) is 13.0 Å². The van der Waals surface area contributed by atoms with Crippen LogP contribution in [0.2, 0.25) is 0 Å². The molecule has 0 spiro atoms. The van der Waals surface area contributed by atoms with Crippen LogP contribution in [0.25, 0.3) is 0 Å². The number of nitrogens with one attached hydrogen (secondary N) is 1. The van der Waals surface area contributed by atoms with Gasteiger partial charge in [-0.25, -0.2) is 8.42 Å². The molecule has 6 nitrogen and oxygen atoms in total. The Morgan fingerprint density at radius 2 is 2.24 bits per heavy atom. The highest BCUT2D eigenvalue weighted by Gasteiger charge is 2.37. The quantitative estimate of drug-likeness (QED) is 0.665. The lowest BCUT2D eigenvalue weighted by molar-refractivity contribution is -0.137. The van der Waals surface area contributed by atoms with Crippen molar-refractivity contribution >= 4 is 15.8 Å². The lowest BCUT2D eigenvalue weighted by Gasteiger charge is -2.31. The third-order valence-corrected chi connectivity index (χ3v) is 4.80. The molecule has 0 radical (unpaired) electrons. The van der Waals surface area contributed by atoms with E-state index in [-0.39, 0.29) is 12.6 Å². The van der Waals surface area contributed by atoms with Crippen molar-refractivity contribution in [2.24, 2.45) is 0 Å². The van der Waals surface area contributed by atoms with Crippen LogP contribution in [0.1, 0.15) is 13.3 Å². The van der Waals surface area contributed by atoms with Crippen molar-refractivity contribution < 1.29 is 22.7 Å². The van der Waals surface area contributed by atoms with E-state index in [4.69, 9.17) is 4.74 Å². The highest BCUT2D eigenvalue weighted by molar-refractivity contribution is 7.92. The van der Waals surface area contributed by atoms with Crippen LogP contribution in [-0.2, 0) is 24.1 Å². The molecule has 1 aliphatic rings. The van der Waals surface area contributed by atoms with E-state index in [0.29, 0.717) is 19.6 Å². The number of methoxy groups -OCH3 is 1. The predicted molar refractivity (Wildman–Crippen MR) is 62.5 cm³/mol. The lowest BCUT2D eigenvalue weighted by atomic mass is 10.1. The topological polar surface area (TPSA) is 81.7 Å². The van der Waals surface area contributed by atoms with Crippen molar-refractivity contribution in [3.63, 3.8) is 0 Å². The van der Waals surface area contributed by atoms with E-state index in [2.05, 4.69) is 10.1 Å². The summed E-state index contributed by atoms with van der Waals surface area (Å²) in [6, 6.07) is -0.150. The third kappa shape index (κ3) is 3.93. The summed E-state index contributed by atoms with van der Waals surface area (Å²) in [6.07, 6.45) is 0.638. The Balaban J connectivity index is 2.75. The summed E-state index contributed by atoms with van der Waals surface area (Å²) in [5, 5.41) is 2.45. The summed E-state index contributed by atoms with van der Waals surface area (Å²) in [5.41, 5.74) is 0. The molecule has 1 fully saturated rings. The first kappa shape index (κ1) is 14.4. The van der Waals surface area contributed by atoms with Gasteiger partial charge in [0.15, 0.2) is 9.84 Å². The first-order valence-electron chi connectivity index (χ1n) is 5.60. The van der Waals surface area contributed by atoms with E-state index in [1.165, 1.54) is 7.11 Å². The van der Waals surface area contributed by atoms with Gasteiger partial charge in [0.1, 0.15) is 11.0 Å². The first-order valence-corrected chi connectivity index (χ1v) is 7.32. The Bertz CT molecular complexity index is 352. The van der Waals surface area contributed by atoms with Crippen LogP contribution in [0.5, 0.6) is 0 Å². The Morgan fingerprint density at radius 1 is 1.53 bits per heavy atom. The van der Waals surface area contributed by atoms with Gasteiger partial charge in [0, 0.05) is 12.6 Å². The second-order valence-corrected chi connectivity index (χ2v) is 6.17. The Hall–Kier alpha value is -0.660. The van der Waals surface area contributed by atoms with Crippen molar-refractivity contribution in [2.45, 2.75) is 24.6 Å². The summed E-state index contributed by atoms with van der Waals surface area (Å²) in [5.74, 6) is -1.31. The molecule has 1 aliphatic heterocycles. The average molecular weight is 265 g/mol. The highest BCUT2D eigenvalue weighted by Crippen LogP contribution is 2.16. The van der Waals surface area contributed by atoms with Crippen LogP contribution >= 0.6 is 0 Å².